The van der Waals surface area contributed by atoms with Crippen molar-refractivity contribution >= 4 is 23.5 Å². The van der Waals surface area contributed by atoms with E-state index in [1.54, 1.807) is 14.2 Å². The van der Waals surface area contributed by atoms with Crippen molar-refractivity contribution in [1.29, 1.82) is 0 Å². The van der Waals surface area contributed by atoms with Gasteiger partial charge in [0.25, 0.3) is 5.56 Å². The fourth-order valence-corrected chi connectivity index (χ4v) is 6.70. The fourth-order valence-electron chi connectivity index (χ4n) is 5.70. The molecular weight excluding hydrogens is 536 g/mol. The van der Waals surface area contributed by atoms with Crippen LogP contribution in [0, 0.1) is 0 Å². The molecule has 0 bridgehead atoms. The number of hydrogen-bond donors (Lipinski definition) is 0. The van der Waals surface area contributed by atoms with Crippen LogP contribution in [0.5, 0.6) is 23.0 Å². The molecule has 3 heterocycles. The van der Waals surface area contributed by atoms with E-state index in [1.165, 1.54) is 22.5 Å². The number of aromatic nitrogens is 1. The summed E-state index contributed by atoms with van der Waals surface area (Å²) >= 11 is 1.42. The van der Waals surface area contributed by atoms with Crippen LogP contribution in [0.3, 0.4) is 0 Å². The van der Waals surface area contributed by atoms with E-state index in [9.17, 15) is 4.79 Å². The van der Waals surface area contributed by atoms with Crippen LogP contribution in [-0.2, 0) is 0 Å². The second kappa shape index (κ2) is 10.4. The number of benzene rings is 3. The van der Waals surface area contributed by atoms with Gasteiger partial charge in [0.05, 0.1) is 30.5 Å². The van der Waals surface area contributed by atoms with Gasteiger partial charge in [-0.3, -0.25) is 9.36 Å². The van der Waals surface area contributed by atoms with E-state index in [-0.39, 0.29) is 18.4 Å². The number of ether oxygens (including phenoxy) is 4. The Labute approximate surface area is 240 Å². The lowest BCUT2D eigenvalue weighted by Gasteiger charge is -2.31. The molecule has 0 amide bonds. The molecule has 2 aliphatic heterocycles. The maximum Gasteiger partial charge on any atom is 0.271 e. The molecule has 1 aliphatic carbocycles. The van der Waals surface area contributed by atoms with Crippen molar-refractivity contribution in [3.8, 4) is 23.0 Å². The van der Waals surface area contributed by atoms with Gasteiger partial charge in [0.15, 0.2) is 16.3 Å². The zero-order chi connectivity index (χ0) is 27.9. The summed E-state index contributed by atoms with van der Waals surface area (Å²) < 4.78 is 24.2. The maximum atomic E-state index is 14.0. The van der Waals surface area contributed by atoms with Gasteiger partial charge >= 0.3 is 0 Å². The van der Waals surface area contributed by atoms with Gasteiger partial charge in [-0.05, 0) is 95.6 Å². The third kappa shape index (κ3) is 4.64. The van der Waals surface area contributed by atoms with E-state index in [0.29, 0.717) is 20.8 Å². The summed E-state index contributed by atoms with van der Waals surface area (Å²) in [5.41, 5.74) is 6.30. The van der Waals surface area contributed by atoms with Crippen molar-refractivity contribution in [2.24, 2.45) is 4.99 Å². The van der Waals surface area contributed by atoms with Gasteiger partial charge in [0.1, 0.15) is 11.5 Å². The minimum absolute atomic E-state index is 0.0509. The summed E-state index contributed by atoms with van der Waals surface area (Å²) in [6, 6.07) is 21.5. The first-order valence-corrected chi connectivity index (χ1v) is 14.4. The van der Waals surface area contributed by atoms with Crippen LogP contribution in [0.15, 0.2) is 93.4 Å². The van der Waals surface area contributed by atoms with E-state index in [2.05, 4.69) is 30.3 Å². The summed E-state index contributed by atoms with van der Waals surface area (Å²) in [4.78, 5) is 19.9. The Bertz CT molecular complexity index is 1880. The van der Waals surface area contributed by atoms with Crippen LogP contribution in [0.2, 0.25) is 0 Å². The Morgan fingerprint density at radius 1 is 0.878 bits per heavy atom. The number of hydrogen-bond acceptors (Lipinski definition) is 7. The van der Waals surface area contributed by atoms with Gasteiger partial charge in [-0.25, -0.2) is 4.99 Å². The molecule has 3 aromatic carbocycles. The van der Waals surface area contributed by atoms with E-state index in [1.807, 2.05) is 53.1 Å². The molecule has 1 atom stereocenters. The summed E-state index contributed by atoms with van der Waals surface area (Å²) in [6.45, 7) is 0.209. The van der Waals surface area contributed by atoms with Crippen LogP contribution in [0.1, 0.15) is 42.0 Å². The molecular formula is C33H28N2O5S. The highest BCUT2D eigenvalue weighted by molar-refractivity contribution is 7.07. The first-order valence-electron chi connectivity index (χ1n) is 13.5. The van der Waals surface area contributed by atoms with Gasteiger partial charge in [-0.2, -0.15) is 0 Å². The van der Waals surface area contributed by atoms with Crippen LogP contribution < -0.4 is 33.8 Å². The monoisotopic (exact) mass is 564 g/mol. The standard InChI is InChI=1S/C33H28N2O5S/c1-37-24-11-6-20(7-12-24)16-23-4-3-5-26-30(23)34-33-35(31(26)22-9-13-25(38-2)14-10-22)32(36)29(41-33)18-21-8-15-27-28(17-21)40-19-39-27/h6-18,31H,3-5,19H2,1-2H3/b23-16+,29-18-/t31-/m1/s1. The highest BCUT2D eigenvalue weighted by Gasteiger charge is 2.32. The third-order valence-electron chi connectivity index (χ3n) is 7.72. The first-order chi connectivity index (χ1) is 20.1. The maximum absolute atomic E-state index is 14.0. The summed E-state index contributed by atoms with van der Waals surface area (Å²) in [7, 11) is 3.33. The number of fused-ring (bicyclic) bond motifs is 2. The van der Waals surface area contributed by atoms with Crippen LogP contribution in [0.4, 0.5) is 0 Å². The molecule has 41 heavy (non-hydrogen) atoms. The Balaban J connectivity index is 1.40. The minimum Gasteiger partial charge on any atom is -0.497 e. The number of thiazole rings is 1. The fraction of sp³-hybridized carbons (Fsp3) is 0.212. The molecule has 0 spiro atoms. The van der Waals surface area contributed by atoms with Crippen LogP contribution in [-0.4, -0.2) is 25.6 Å². The zero-order valence-electron chi connectivity index (χ0n) is 22.8. The molecule has 0 saturated heterocycles. The average molecular weight is 565 g/mol. The highest BCUT2D eigenvalue weighted by Crippen LogP contribution is 2.41. The molecule has 0 N–H and O–H groups in total. The Morgan fingerprint density at radius 2 is 1.59 bits per heavy atom. The van der Waals surface area contributed by atoms with Crippen LogP contribution >= 0.6 is 11.3 Å². The topological polar surface area (TPSA) is 71.3 Å². The predicted octanol–water partition coefficient (Wildman–Crippen LogP) is 5.23. The van der Waals surface area contributed by atoms with E-state index < -0.39 is 0 Å². The van der Waals surface area contributed by atoms with E-state index in [0.717, 1.165) is 53.1 Å². The molecule has 206 valence electrons. The molecule has 7 nitrogen and oxygen atoms in total. The number of methoxy groups -OCH3 is 2. The van der Waals surface area contributed by atoms with Crippen LogP contribution in [0.25, 0.3) is 12.2 Å². The smallest absolute Gasteiger partial charge is 0.271 e. The average Bonchev–Trinajstić information content (AvgIpc) is 3.60. The molecule has 1 aromatic heterocycles. The Hall–Kier alpha value is -4.56. The summed E-state index contributed by atoms with van der Waals surface area (Å²) in [5.74, 6) is 3.01. The van der Waals surface area contributed by atoms with Gasteiger partial charge in [-0.15, -0.1) is 0 Å². The Kier molecular flexibility index (Phi) is 6.47. The summed E-state index contributed by atoms with van der Waals surface area (Å²) in [6.07, 6.45) is 6.92. The Morgan fingerprint density at radius 3 is 2.34 bits per heavy atom. The van der Waals surface area contributed by atoms with Gasteiger partial charge in [-0.1, -0.05) is 41.7 Å². The second-order valence-electron chi connectivity index (χ2n) is 10.1. The molecule has 7 rings (SSSR count). The first kappa shape index (κ1) is 25.4. The van der Waals surface area contributed by atoms with E-state index >= 15 is 0 Å². The van der Waals surface area contributed by atoms with Gasteiger partial charge in [0, 0.05) is 0 Å². The lowest BCUT2D eigenvalue weighted by molar-refractivity contribution is 0.174. The van der Waals surface area contributed by atoms with Crippen molar-refractivity contribution in [1.82, 2.24) is 4.57 Å². The molecule has 0 saturated carbocycles. The molecule has 3 aliphatic rings. The normalized spacial score (nSPS) is 18.6. The number of allylic oxidation sites excluding steroid dienone is 2. The molecule has 0 radical (unpaired) electrons. The highest BCUT2D eigenvalue weighted by atomic mass is 32.1. The largest absolute Gasteiger partial charge is 0.497 e. The molecule has 8 heteroatoms. The van der Waals surface area contributed by atoms with Gasteiger partial charge < -0.3 is 18.9 Å². The number of nitrogens with zero attached hydrogens (tertiary/aromatic N) is 2. The van der Waals surface area contributed by atoms with Crippen molar-refractivity contribution < 1.29 is 18.9 Å². The second-order valence-corrected chi connectivity index (χ2v) is 11.1. The lowest BCUT2D eigenvalue weighted by atomic mass is 9.84. The quantitative estimate of drug-likeness (QED) is 0.332. The van der Waals surface area contributed by atoms with Crippen molar-refractivity contribution in [3.63, 3.8) is 0 Å². The molecule has 0 unspecified atom stereocenters. The summed E-state index contributed by atoms with van der Waals surface area (Å²) in [5, 5.41) is 0. The SMILES string of the molecule is COc1ccc(/C=C2\CCCC3=C2N=c2s/c(=C\c4ccc5c(c4)OCO5)c(=O)n2[C@@H]3c2ccc(OC)cc2)cc1. The van der Waals surface area contributed by atoms with Crippen molar-refractivity contribution in [3.05, 3.63) is 120 Å². The zero-order valence-corrected chi connectivity index (χ0v) is 23.6. The third-order valence-corrected chi connectivity index (χ3v) is 8.70. The predicted molar refractivity (Wildman–Crippen MR) is 158 cm³/mol. The molecule has 0 fully saturated rings. The van der Waals surface area contributed by atoms with Gasteiger partial charge in [0.2, 0.25) is 6.79 Å². The lowest BCUT2D eigenvalue weighted by Crippen LogP contribution is -2.39. The molecule has 4 aromatic rings. The van der Waals surface area contributed by atoms with Crippen molar-refractivity contribution in [2.45, 2.75) is 25.3 Å². The van der Waals surface area contributed by atoms with Crippen molar-refractivity contribution in [2.75, 3.05) is 21.0 Å². The van der Waals surface area contributed by atoms with E-state index in [4.69, 9.17) is 23.9 Å². The number of rotatable bonds is 5. The minimum atomic E-state index is -0.245.